The first-order chi connectivity index (χ1) is 16.6. The van der Waals surface area contributed by atoms with Crippen molar-refractivity contribution in [1.29, 1.82) is 0 Å². The minimum absolute atomic E-state index is 0.280. The van der Waals surface area contributed by atoms with Crippen LogP contribution in [0.5, 0.6) is 0 Å². The molecule has 0 aliphatic rings. The molecule has 0 saturated heterocycles. The lowest BCUT2D eigenvalue weighted by molar-refractivity contribution is 0.0688. The molecule has 3 aromatic carbocycles. The van der Waals surface area contributed by atoms with Gasteiger partial charge in [0.05, 0.1) is 22.2 Å². The van der Waals surface area contributed by atoms with Crippen molar-refractivity contribution < 1.29 is 29.4 Å². The summed E-state index contributed by atoms with van der Waals surface area (Å²) in [5, 5.41) is 25.1. The van der Waals surface area contributed by atoms with Crippen LogP contribution in [0.15, 0.2) is 66.7 Å². The molecular weight excluding hydrogens is 450 g/mol. The second-order valence-electron chi connectivity index (χ2n) is 8.14. The van der Waals surface area contributed by atoms with Crippen molar-refractivity contribution in [2.24, 2.45) is 0 Å². The van der Waals surface area contributed by atoms with Gasteiger partial charge in [0, 0.05) is 22.6 Å². The predicted molar refractivity (Wildman–Crippen MR) is 132 cm³/mol. The number of nitrogen functional groups attached to an aromatic ring is 1. The molecule has 35 heavy (non-hydrogen) atoms. The molecule has 180 valence electrons. The SMILES string of the molecule is CCC(C)(Nc1ccccc1)C(=O)c1cc(C(=O)Nc2ccc(N)cc2)c(C(=O)O)cc1C(=O)O. The molecule has 9 nitrogen and oxygen atoms in total. The van der Waals surface area contributed by atoms with Gasteiger partial charge in [-0.25, -0.2) is 9.59 Å². The van der Waals surface area contributed by atoms with Gasteiger partial charge >= 0.3 is 11.9 Å². The Labute approximate surface area is 201 Å². The highest BCUT2D eigenvalue weighted by molar-refractivity contribution is 6.17. The number of aromatic carboxylic acids is 2. The standard InChI is InChI=1S/C26H25N3O6/c1-3-26(2,29-17-7-5-4-6-8-17)22(30)18-13-19(21(25(34)35)14-20(18)24(32)33)23(31)28-16-11-9-15(27)10-12-16/h4-14,29H,3,27H2,1-2H3,(H,28,31)(H,32,33)(H,34,35). The van der Waals surface area contributed by atoms with Gasteiger partial charge in [0.25, 0.3) is 5.91 Å². The van der Waals surface area contributed by atoms with Crippen molar-refractivity contribution in [2.45, 2.75) is 25.8 Å². The Hall–Kier alpha value is -4.66. The minimum Gasteiger partial charge on any atom is -0.478 e. The van der Waals surface area contributed by atoms with E-state index in [0.717, 1.165) is 12.1 Å². The van der Waals surface area contributed by atoms with Gasteiger partial charge in [-0.15, -0.1) is 0 Å². The smallest absolute Gasteiger partial charge is 0.336 e. The van der Waals surface area contributed by atoms with Gasteiger partial charge in [-0.05, 0) is 61.9 Å². The minimum atomic E-state index is -1.50. The molecule has 0 aliphatic heterocycles. The zero-order chi connectivity index (χ0) is 25.8. The maximum Gasteiger partial charge on any atom is 0.336 e. The molecule has 9 heteroatoms. The summed E-state index contributed by atoms with van der Waals surface area (Å²) < 4.78 is 0. The maximum absolute atomic E-state index is 13.7. The lowest BCUT2D eigenvalue weighted by Crippen LogP contribution is -2.43. The predicted octanol–water partition coefficient (Wildman–Crippen LogP) is 4.38. The summed E-state index contributed by atoms with van der Waals surface area (Å²) in [4.78, 5) is 50.6. The van der Waals surface area contributed by atoms with E-state index < -0.39 is 40.3 Å². The summed E-state index contributed by atoms with van der Waals surface area (Å²) in [5.41, 5.74) is 4.20. The van der Waals surface area contributed by atoms with Crippen LogP contribution in [-0.4, -0.2) is 39.4 Å². The number of hydrogen-bond donors (Lipinski definition) is 5. The number of carboxylic acids is 2. The molecule has 3 rings (SSSR count). The lowest BCUT2D eigenvalue weighted by atomic mass is 9.84. The Morgan fingerprint density at radius 3 is 1.89 bits per heavy atom. The number of hydrogen-bond acceptors (Lipinski definition) is 6. The van der Waals surface area contributed by atoms with Crippen LogP contribution in [0.3, 0.4) is 0 Å². The first-order valence-corrected chi connectivity index (χ1v) is 10.7. The van der Waals surface area contributed by atoms with Gasteiger partial charge < -0.3 is 26.6 Å². The van der Waals surface area contributed by atoms with Gasteiger partial charge in [-0.1, -0.05) is 25.1 Å². The van der Waals surface area contributed by atoms with Crippen LogP contribution in [0.2, 0.25) is 0 Å². The molecule has 1 atom stereocenters. The van der Waals surface area contributed by atoms with E-state index >= 15 is 0 Å². The zero-order valence-corrected chi connectivity index (χ0v) is 19.2. The first-order valence-electron chi connectivity index (χ1n) is 10.7. The van der Waals surface area contributed by atoms with Gasteiger partial charge in [0.1, 0.15) is 0 Å². The van der Waals surface area contributed by atoms with E-state index in [-0.39, 0.29) is 17.5 Å². The zero-order valence-electron chi connectivity index (χ0n) is 19.2. The molecule has 1 amide bonds. The Bertz CT molecular complexity index is 1290. The van der Waals surface area contributed by atoms with E-state index in [1.54, 1.807) is 50.2 Å². The molecule has 0 fully saturated rings. The number of carbonyl (C=O) groups excluding carboxylic acids is 2. The summed E-state index contributed by atoms with van der Waals surface area (Å²) in [5.74, 6) is -4.40. The summed E-state index contributed by atoms with van der Waals surface area (Å²) in [6.45, 7) is 3.38. The van der Waals surface area contributed by atoms with Crippen molar-refractivity contribution in [1.82, 2.24) is 0 Å². The van der Waals surface area contributed by atoms with Crippen LogP contribution in [-0.2, 0) is 0 Å². The van der Waals surface area contributed by atoms with E-state index in [0.29, 0.717) is 17.1 Å². The largest absolute Gasteiger partial charge is 0.478 e. The van der Waals surface area contributed by atoms with Crippen molar-refractivity contribution in [3.63, 3.8) is 0 Å². The highest BCUT2D eigenvalue weighted by atomic mass is 16.4. The number of rotatable bonds is 9. The Kier molecular flexibility index (Phi) is 7.20. The van der Waals surface area contributed by atoms with Gasteiger partial charge in [-0.2, -0.15) is 0 Å². The van der Waals surface area contributed by atoms with E-state index in [1.165, 1.54) is 12.1 Å². The van der Waals surface area contributed by atoms with Crippen LogP contribution in [0, 0.1) is 0 Å². The maximum atomic E-state index is 13.7. The first kappa shape index (κ1) is 25.0. The third kappa shape index (κ3) is 5.47. The number of anilines is 3. The lowest BCUT2D eigenvalue weighted by Gasteiger charge is -2.30. The average Bonchev–Trinajstić information content (AvgIpc) is 2.84. The molecule has 3 aromatic rings. The number of Topliss-reactive ketones (excluding diaryl/α,β-unsaturated/α-hetero) is 1. The molecule has 0 heterocycles. The summed E-state index contributed by atoms with van der Waals surface area (Å²) >= 11 is 0. The van der Waals surface area contributed by atoms with Crippen molar-refractivity contribution in [3.8, 4) is 0 Å². The van der Waals surface area contributed by atoms with E-state index in [9.17, 15) is 29.4 Å². The molecule has 6 N–H and O–H groups in total. The van der Waals surface area contributed by atoms with Crippen molar-refractivity contribution >= 4 is 40.7 Å². The second kappa shape index (κ2) is 10.1. The van der Waals surface area contributed by atoms with Crippen LogP contribution in [0.4, 0.5) is 17.1 Å². The Balaban J connectivity index is 2.11. The molecular formula is C26H25N3O6. The highest BCUT2D eigenvalue weighted by Gasteiger charge is 2.36. The quantitative estimate of drug-likeness (QED) is 0.225. The number of nitrogens with two attached hydrogens (primary N) is 1. The average molecular weight is 476 g/mol. The number of benzene rings is 3. The molecule has 0 aromatic heterocycles. The van der Waals surface area contributed by atoms with Crippen LogP contribution < -0.4 is 16.4 Å². The molecule has 1 unspecified atom stereocenters. The summed E-state index contributed by atoms with van der Waals surface area (Å²) in [6.07, 6.45) is 0.285. The third-order valence-corrected chi connectivity index (χ3v) is 5.68. The van der Waals surface area contributed by atoms with Crippen LogP contribution in [0.25, 0.3) is 0 Å². The second-order valence-corrected chi connectivity index (χ2v) is 8.14. The van der Waals surface area contributed by atoms with Crippen molar-refractivity contribution in [2.75, 3.05) is 16.4 Å². The van der Waals surface area contributed by atoms with Crippen LogP contribution >= 0.6 is 0 Å². The molecule has 0 aliphatic carbocycles. The Morgan fingerprint density at radius 2 is 1.34 bits per heavy atom. The molecule has 0 bridgehead atoms. The van der Waals surface area contributed by atoms with Gasteiger partial charge in [0.2, 0.25) is 0 Å². The number of carbonyl (C=O) groups is 4. The fraction of sp³-hybridized carbons (Fsp3) is 0.154. The fourth-order valence-electron chi connectivity index (χ4n) is 3.54. The van der Waals surface area contributed by atoms with Gasteiger partial charge in [-0.3, -0.25) is 9.59 Å². The van der Waals surface area contributed by atoms with Gasteiger partial charge in [0.15, 0.2) is 5.78 Å². The van der Waals surface area contributed by atoms with Crippen LogP contribution in [0.1, 0.15) is 61.7 Å². The number of amides is 1. The fourth-order valence-corrected chi connectivity index (χ4v) is 3.54. The van der Waals surface area contributed by atoms with E-state index in [1.807, 2.05) is 6.07 Å². The number of carboxylic acid groups (broad SMARTS) is 2. The number of nitrogens with one attached hydrogen (secondary N) is 2. The van der Waals surface area contributed by atoms with Crippen molar-refractivity contribution in [3.05, 3.63) is 89.0 Å². The molecule has 0 spiro atoms. The Morgan fingerprint density at radius 1 is 0.800 bits per heavy atom. The monoisotopic (exact) mass is 475 g/mol. The topological polar surface area (TPSA) is 159 Å². The highest BCUT2D eigenvalue weighted by Crippen LogP contribution is 2.28. The normalized spacial score (nSPS) is 12.3. The number of ketones is 1. The number of para-hydroxylation sites is 1. The molecule has 0 saturated carbocycles. The summed E-state index contributed by atoms with van der Waals surface area (Å²) in [7, 11) is 0. The molecule has 0 radical (unpaired) electrons. The summed E-state index contributed by atoms with van der Waals surface area (Å²) in [6, 6.07) is 16.9. The van der Waals surface area contributed by atoms with E-state index in [4.69, 9.17) is 5.73 Å². The van der Waals surface area contributed by atoms with E-state index in [2.05, 4.69) is 10.6 Å². The third-order valence-electron chi connectivity index (χ3n) is 5.68.